The molecule has 0 aliphatic carbocycles. The summed E-state index contributed by atoms with van der Waals surface area (Å²) >= 11 is 0. The summed E-state index contributed by atoms with van der Waals surface area (Å²) in [7, 11) is 0. The third-order valence-electron chi connectivity index (χ3n) is 6.00. The highest BCUT2D eigenvalue weighted by molar-refractivity contribution is 5.65. The van der Waals surface area contributed by atoms with Crippen molar-refractivity contribution in [3.05, 3.63) is 113 Å². The molecule has 0 bridgehead atoms. The van der Waals surface area contributed by atoms with Crippen molar-refractivity contribution in [2.24, 2.45) is 0 Å². The number of halogens is 2. The van der Waals surface area contributed by atoms with Gasteiger partial charge in [0.05, 0.1) is 18.0 Å². The Bertz CT molecular complexity index is 1830. The molecule has 0 fully saturated rings. The van der Waals surface area contributed by atoms with Gasteiger partial charge in [-0.1, -0.05) is 35.2 Å². The van der Waals surface area contributed by atoms with Crippen LogP contribution in [-0.4, -0.2) is 29.9 Å². The number of fused-ring (bicyclic) bond motifs is 1. The highest BCUT2D eigenvalue weighted by Crippen LogP contribution is 2.27. The van der Waals surface area contributed by atoms with Gasteiger partial charge in [0, 0.05) is 34.1 Å². The molecule has 6 rings (SSSR count). The van der Waals surface area contributed by atoms with E-state index in [0.717, 1.165) is 34.1 Å². The lowest BCUT2D eigenvalue weighted by Gasteiger charge is -2.03. The first-order valence-electron chi connectivity index (χ1n) is 12.1. The van der Waals surface area contributed by atoms with Gasteiger partial charge < -0.3 is 4.52 Å². The van der Waals surface area contributed by atoms with Crippen molar-refractivity contribution in [1.29, 1.82) is 0 Å². The van der Waals surface area contributed by atoms with Gasteiger partial charge in [0.2, 0.25) is 0 Å². The Morgan fingerprint density at radius 3 is 2.36 bits per heavy atom. The Balaban J connectivity index is 1.17. The number of imidazole rings is 1. The first kappa shape index (κ1) is 24.1. The fourth-order valence-electron chi connectivity index (χ4n) is 4.20. The molecule has 2 aliphatic heterocycles. The predicted octanol–water partition coefficient (Wildman–Crippen LogP) is 5.84. The molecule has 0 saturated heterocycles. The molecule has 0 saturated carbocycles. The third-order valence-corrected chi connectivity index (χ3v) is 6.00. The number of aryl methyl sites for hydroxylation is 2. The van der Waals surface area contributed by atoms with E-state index >= 15 is 0 Å². The van der Waals surface area contributed by atoms with Gasteiger partial charge in [-0.2, -0.15) is 5.10 Å². The van der Waals surface area contributed by atoms with Crippen molar-refractivity contribution >= 4 is 0 Å². The van der Waals surface area contributed by atoms with Crippen molar-refractivity contribution in [2.45, 2.75) is 20.4 Å². The summed E-state index contributed by atoms with van der Waals surface area (Å²) in [5.41, 5.74) is 6.24. The summed E-state index contributed by atoms with van der Waals surface area (Å²) in [5, 5.41) is 8.52. The van der Waals surface area contributed by atoms with Crippen molar-refractivity contribution in [3.63, 3.8) is 0 Å². The van der Waals surface area contributed by atoms with Crippen LogP contribution in [0.5, 0.6) is 0 Å². The summed E-state index contributed by atoms with van der Waals surface area (Å²) in [4.78, 5) is 13.0. The highest BCUT2D eigenvalue weighted by atomic mass is 19.2. The maximum absolute atomic E-state index is 14.2. The van der Waals surface area contributed by atoms with Crippen LogP contribution in [0.3, 0.4) is 0 Å². The molecule has 0 spiro atoms. The van der Waals surface area contributed by atoms with E-state index in [1.165, 1.54) is 18.3 Å². The quantitative estimate of drug-likeness (QED) is 0.273. The molecule has 9 heteroatoms. The molecule has 2 aromatic carbocycles. The van der Waals surface area contributed by atoms with Gasteiger partial charge >= 0.3 is 0 Å². The lowest BCUT2D eigenvalue weighted by atomic mass is 10.1. The van der Waals surface area contributed by atoms with Crippen LogP contribution in [0, 0.1) is 37.3 Å². The predicted molar refractivity (Wildman–Crippen MR) is 141 cm³/mol. The molecule has 7 nitrogen and oxygen atoms in total. The van der Waals surface area contributed by atoms with Gasteiger partial charge in [-0.3, -0.25) is 9.67 Å². The number of aromatic nitrogens is 6. The molecule has 4 aromatic rings. The summed E-state index contributed by atoms with van der Waals surface area (Å²) in [6, 6.07) is 17.4. The third kappa shape index (κ3) is 5.13. The van der Waals surface area contributed by atoms with Crippen LogP contribution < -0.4 is 0 Å². The first-order chi connectivity index (χ1) is 18.9. The minimum absolute atomic E-state index is 0.00261. The van der Waals surface area contributed by atoms with Crippen molar-refractivity contribution in [3.8, 4) is 45.9 Å². The number of hydrogen-bond acceptors (Lipinski definition) is 6. The van der Waals surface area contributed by atoms with Crippen LogP contribution in [0.2, 0.25) is 0 Å². The van der Waals surface area contributed by atoms with Gasteiger partial charge in [-0.05, 0) is 50.2 Å². The van der Waals surface area contributed by atoms with Crippen molar-refractivity contribution in [1.82, 2.24) is 29.9 Å². The minimum atomic E-state index is -0.984. The second-order valence-electron chi connectivity index (χ2n) is 9.03. The summed E-state index contributed by atoms with van der Waals surface area (Å²) in [6.07, 6.45) is 3.19. The zero-order valence-corrected chi connectivity index (χ0v) is 21.0. The maximum Gasteiger partial charge on any atom is 0.169 e. The molecule has 2 aliphatic rings. The Hall–Kier alpha value is -5.23. The molecule has 0 amide bonds. The van der Waals surface area contributed by atoms with Crippen LogP contribution in [0.4, 0.5) is 8.78 Å². The zero-order valence-electron chi connectivity index (χ0n) is 21.0. The largest absolute Gasteiger partial charge is 0.359 e. The number of hydrogen-bond donors (Lipinski definition) is 0. The molecule has 0 radical (unpaired) electrons. The van der Waals surface area contributed by atoms with E-state index in [1.54, 1.807) is 10.9 Å². The average Bonchev–Trinajstić information content (AvgIpc) is 3.56. The fraction of sp³-hybridized carbons (Fsp3) is 0.100. The highest BCUT2D eigenvalue weighted by Gasteiger charge is 2.18. The van der Waals surface area contributed by atoms with Crippen LogP contribution in [0.25, 0.3) is 34.0 Å². The first-order valence-corrected chi connectivity index (χ1v) is 12.1. The molecule has 0 unspecified atom stereocenters. The molecular formula is C30H20F2N6O. The van der Waals surface area contributed by atoms with E-state index in [0.29, 0.717) is 29.4 Å². The minimum Gasteiger partial charge on any atom is -0.359 e. The van der Waals surface area contributed by atoms with E-state index in [2.05, 4.69) is 37.0 Å². The van der Waals surface area contributed by atoms with E-state index in [-0.39, 0.29) is 11.4 Å². The smallest absolute Gasteiger partial charge is 0.169 e. The molecule has 4 heterocycles. The topological polar surface area (TPSA) is 82.5 Å². The Labute approximate surface area is 222 Å². The lowest BCUT2D eigenvalue weighted by molar-refractivity contribution is 0.372. The average molecular weight is 519 g/mol. The summed E-state index contributed by atoms with van der Waals surface area (Å²) in [6.45, 7) is 4.21. The molecule has 190 valence electrons. The molecule has 2 aromatic heterocycles. The van der Waals surface area contributed by atoms with Crippen LogP contribution >= 0.6 is 0 Å². The Morgan fingerprint density at radius 2 is 1.56 bits per heavy atom. The van der Waals surface area contributed by atoms with Crippen LogP contribution in [-0.2, 0) is 6.54 Å². The Morgan fingerprint density at radius 1 is 0.821 bits per heavy atom. The van der Waals surface area contributed by atoms with Gasteiger partial charge in [-0.15, -0.1) is 0 Å². The van der Waals surface area contributed by atoms with Crippen molar-refractivity contribution < 1.29 is 13.3 Å². The zero-order chi connectivity index (χ0) is 26.9. The van der Waals surface area contributed by atoms with Crippen LogP contribution in [0.1, 0.15) is 28.3 Å². The Kier molecular flexibility index (Phi) is 6.13. The second kappa shape index (κ2) is 9.91. The fourth-order valence-corrected chi connectivity index (χ4v) is 4.20. The van der Waals surface area contributed by atoms with E-state index in [4.69, 9.17) is 4.52 Å². The SMILES string of the molecule is Cc1cc(C#Cc2ccc(-c3cc(Cn4cc5nc(-c6cccc(F)c6F)nc-5cn4)on3)cc2)cc(C)n1. The number of nitrogens with zero attached hydrogens (tertiary/aromatic N) is 6. The monoisotopic (exact) mass is 518 g/mol. The van der Waals surface area contributed by atoms with E-state index < -0.39 is 11.6 Å². The van der Waals surface area contributed by atoms with Gasteiger partial charge in [0.1, 0.15) is 23.6 Å². The lowest BCUT2D eigenvalue weighted by Crippen LogP contribution is -2.04. The number of pyridine rings is 1. The van der Waals surface area contributed by atoms with Crippen molar-refractivity contribution in [2.75, 3.05) is 0 Å². The number of rotatable bonds is 4. The maximum atomic E-state index is 14.2. The molecule has 0 N–H and O–H groups in total. The normalized spacial score (nSPS) is 11.0. The van der Waals surface area contributed by atoms with E-state index in [9.17, 15) is 8.78 Å². The standard InChI is InChI=1S/C30H20F2N6O/c1-18-12-21(13-19(2)34-18)7-6-20-8-10-22(11-9-20)26-14-23(39-37-26)16-38-17-28-27(15-33-38)35-30(36-28)24-4-3-5-25(31)29(24)32/h3-5,8-15,17H,16H2,1-2H3. The van der Waals surface area contributed by atoms with E-state index in [1.807, 2.05) is 56.3 Å². The van der Waals surface area contributed by atoms with Gasteiger partial charge in [0.15, 0.2) is 23.2 Å². The van der Waals surface area contributed by atoms with Gasteiger partial charge in [0.25, 0.3) is 0 Å². The molecular weight excluding hydrogens is 498 g/mol. The number of benzene rings is 2. The molecule has 0 atom stereocenters. The second-order valence-corrected chi connectivity index (χ2v) is 9.03. The molecule has 39 heavy (non-hydrogen) atoms. The van der Waals surface area contributed by atoms with Gasteiger partial charge in [-0.25, -0.2) is 18.7 Å². The summed E-state index contributed by atoms with van der Waals surface area (Å²) in [5.74, 6) is 5.12. The summed E-state index contributed by atoms with van der Waals surface area (Å²) < 4.78 is 34.9. The van der Waals surface area contributed by atoms with Crippen LogP contribution in [0.15, 0.2) is 77.6 Å².